The molecule has 128 valence electrons. The normalized spacial score (nSPS) is 17.1. The number of aromatic nitrogens is 1. The number of hydrogen-bond donors (Lipinski definition) is 1. The summed E-state index contributed by atoms with van der Waals surface area (Å²) in [6.45, 7) is 4.71. The Kier molecular flexibility index (Phi) is 6.12. The first-order chi connectivity index (χ1) is 10.9. The zero-order valence-electron chi connectivity index (χ0n) is 13.8. The second kappa shape index (κ2) is 7.88. The van der Waals surface area contributed by atoms with Crippen molar-refractivity contribution in [1.29, 1.82) is 0 Å². The number of hydrogen-bond acceptors (Lipinski definition) is 4. The summed E-state index contributed by atoms with van der Waals surface area (Å²) in [6, 6.07) is 3.58. The Morgan fingerprint density at radius 2 is 2.09 bits per heavy atom. The van der Waals surface area contributed by atoms with E-state index in [1.54, 1.807) is 12.3 Å². The molecule has 1 aromatic rings. The van der Waals surface area contributed by atoms with Crippen LogP contribution in [0.15, 0.2) is 18.3 Å². The van der Waals surface area contributed by atoms with E-state index in [0.717, 1.165) is 17.8 Å². The number of nitrogens with zero attached hydrogens (tertiary/aromatic N) is 2. The molecule has 1 amide bonds. The predicted molar refractivity (Wildman–Crippen MR) is 90.6 cm³/mol. The van der Waals surface area contributed by atoms with Crippen molar-refractivity contribution in [1.82, 2.24) is 9.29 Å². The van der Waals surface area contributed by atoms with Crippen LogP contribution in [0.5, 0.6) is 0 Å². The topological polar surface area (TPSA) is 79.4 Å². The van der Waals surface area contributed by atoms with Crippen molar-refractivity contribution in [2.45, 2.75) is 39.5 Å². The molecule has 7 heteroatoms. The molecule has 0 atom stereocenters. The number of amides is 1. The molecular formula is C16H25N3O3S. The fourth-order valence-corrected chi connectivity index (χ4v) is 4.40. The number of piperidine rings is 1. The maximum Gasteiger partial charge on any atom is 0.227 e. The molecule has 1 N–H and O–H groups in total. The molecule has 1 aliphatic rings. The zero-order valence-corrected chi connectivity index (χ0v) is 14.6. The van der Waals surface area contributed by atoms with Crippen molar-refractivity contribution in [2.24, 2.45) is 5.92 Å². The van der Waals surface area contributed by atoms with Crippen LogP contribution < -0.4 is 5.32 Å². The lowest BCUT2D eigenvalue weighted by molar-refractivity contribution is -0.120. The van der Waals surface area contributed by atoms with Crippen molar-refractivity contribution in [3.05, 3.63) is 24.0 Å². The smallest absolute Gasteiger partial charge is 0.227 e. The molecule has 0 spiro atoms. The summed E-state index contributed by atoms with van der Waals surface area (Å²) in [5.74, 6) is 0.0266. The van der Waals surface area contributed by atoms with Gasteiger partial charge in [-0.15, -0.1) is 0 Å². The van der Waals surface area contributed by atoms with Gasteiger partial charge in [-0.25, -0.2) is 12.7 Å². The van der Waals surface area contributed by atoms with Gasteiger partial charge in [0.05, 0.1) is 5.75 Å². The highest BCUT2D eigenvalue weighted by atomic mass is 32.2. The predicted octanol–water partition coefficient (Wildman–Crippen LogP) is 2.17. The molecule has 2 heterocycles. The fourth-order valence-electron chi connectivity index (χ4n) is 2.72. The number of pyridine rings is 1. The Morgan fingerprint density at radius 3 is 2.70 bits per heavy atom. The number of anilines is 1. The number of carbonyl (C=O) groups excluding carboxylic acids is 1. The average Bonchev–Trinajstić information content (AvgIpc) is 2.53. The van der Waals surface area contributed by atoms with Gasteiger partial charge in [0.2, 0.25) is 15.9 Å². The number of aryl methyl sites for hydroxylation is 1. The van der Waals surface area contributed by atoms with E-state index in [0.29, 0.717) is 32.4 Å². The number of rotatable bonds is 6. The Balaban J connectivity index is 1.87. The lowest BCUT2D eigenvalue weighted by Gasteiger charge is -2.30. The van der Waals surface area contributed by atoms with Crippen LogP contribution in [0.2, 0.25) is 0 Å². The summed E-state index contributed by atoms with van der Waals surface area (Å²) in [5.41, 5.74) is 1.58. The SMILES string of the molecule is CCCCS(=O)(=O)N1CCC(C(=O)Nc2ccnc(C)c2)CC1. The van der Waals surface area contributed by atoms with Crippen molar-refractivity contribution in [3.8, 4) is 0 Å². The van der Waals surface area contributed by atoms with Crippen LogP contribution in [0.1, 0.15) is 38.3 Å². The molecule has 0 aliphatic carbocycles. The maximum absolute atomic E-state index is 12.3. The van der Waals surface area contributed by atoms with Crippen LogP contribution in [-0.2, 0) is 14.8 Å². The molecule has 1 aliphatic heterocycles. The van der Waals surface area contributed by atoms with E-state index in [-0.39, 0.29) is 17.6 Å². The largest absolute Gasteiger partial charge is 0.326 e. The van der Waals surface area contributed by atoms with Crippen LogP contribution in [0.25, 0.3) is 0 Å². The second-order valence-electron chi connectivity index (χ2n) is 6.02. The highest BCUT2D eigenvalue weighted by molar-refractivity contribution is 7.89. The highest BCUT2D eigenvalue weighted by Gasteiger charge is 2.30. The van der Waals surface area contributed by atoms with Crippen molar-refractivity contribution in [3.63, 3.8) is 0 Å². The summed E-state index contributed by atoms with van der Waals surface area (Å²) in [7, 11) is -3.17. The van der Waals surface area contributed by atoms with Gasteiger partial charge >= 0.3 is 0 Å². The summed E-state index contributed by atoms with van der Waals surface area (Å²) in [5, 5.41) is 2.89. The highest BCUT2D eigenvalue weighted by Crippen LogP contribution is 2.22. The molecule has 23 heavy (non-hydrogen) atoms. The van der Waals surface area contributed by atoms with Crippen LogP contribution in [0.3, 0.4) is 0 Å². The van der Waals surface area contributed by atoms with E-state index in [1.165, 1.54) is 4.31 Å². The number of unbranched alkanes of at least 4 members (excludes halogenated alkanes) is 1. The second-order valence-corrected chi connectivity index (χ2v) is 8.11. The van der Waals surface area contributed by atoms with E-state index in [1.807, 2.05) is 19.9 Å². The number of sulfonamides is 1. The van der Waals surface area contributed by atoms with E-state index >= 15 is 0 Å². The van der Waals surface area contributed by atoms with Crippen LogP contribution >= 0.6 is 0 Å². The first-order valence-corrected chi connectivity index (χ1v) is 9.74. The van der Waals surface area contributed by atoms with E-state index in [4.69, 9.17) is 0 Å². The minimum atomic E-state index is -3.17. The maximum atomic E-state index is 12.3. The zero-order chi connectivity index (χ0) is 16.9. The average molecular weight is 339 g/mol. The molecule has 0 saturated carbocycles. The molecule has 1 saturated heterocycles. The molecule has 0 unspecified atom stereocenters. The van der Waals surface area contributed by atoms with Gasteiger partial charge in [-0.1, -0.05) is 13.3 Å². The molecule has 2 rings (SSSR count). The molecule has 0 aromatic carbocycles. The van der Waals surface area contributed by atoms with Crippen molar-refractivity contribution in [2.75, 3.05) is 24.2 Å². The Labute approximate surface area is 138 Å². The molecule has 1 fully saturated rings. The molecule has 0 radical (unpaired) electrons. The summed E-state index contributed by atoms with van der Waals surface area (Å²) in [4.78, 5) is 16.4. The van der Waals surface area contributed by atoms with Gasteiger partial charge in [0.25, 0.3) is 0 Å². The van der Waals surface area contributed by atoms with Crippen molar-refractivity contribution < 1.29 is 13.2 Å². The summed E-state index contributed by atoms with van der Waals surface area (Å²) in [6.07, 6.45) is 4.35. The van der Waals surface area contributed by atoms with Gasteiger partial charge in [0.15, 0.2) is 0 Å². The van der Waals surface area contributed by atoms with Gasteiger partial charge in [0.1, 0.15) is 0 Å². The molecule has 0 bridgehead atoms. The van der Waals surface area contributed by atoms with E-state index in [9.17, 15) is 13.2 Å². The van der Waals surface area contributed by atoms with Crippen LogP contribution in [0.4, 0.5) is 5.69 Å². The van der Waals surface area contributed by atoms with Gasteiger partial charge in [-0.05, 0) is 38.3 Å². The third-order valence-corrected chi connectivity index (χ3v) is 6.09. The number of carbonyl (C=O) groups is 1. The monoisotopic (exact) mass is 339 g/mol. The van der Waals surface area contributed by atoms with Gasteiger partial charge in [-0.2, -0.15) is 0 Å². The first kappa shape index (κ1) is 17.9. The minimum absolute atomic E-state index is 0.0405. The first-order valence-electron chi connectivity index (χ1n) is 8.13. The molecule has 1 aromatic heterocycles. The van der Waals surface area contributed by atoms with Gasteiger partial charge < -0.3 is 5.32 Å². The Bertz CT molecular complexity index is 638. The van der Waals surface area contributed by atoms with Gasteiger partial charge in [0, 0.05) is 36.6 Å². The Morgan fingerprint density at radius 1 is 1.39 bits per heavy atom. The summed E-state index contributed by atoms with van der Waals surface area (Å²) >= 11 is 0. The van der Waals surface area contributed by atoms with Crippen molar-refractivity contribution >= 4 is 21.6 Å². The molecular weight excluding hydrogens is 314 g/mol. The quantitative estimate of drug-likeness (QED) is 0.861. The van der Waals surface area contributed by atoms with E-state index in [2.05, 4.69) is 10.3 Å². The van der Waals surface area contributed by atoms with E-state index < -0.39 is 10.0 Å². The summed E-state index contributed by atoms with van der Waals surface area (Å²) < 4.78 is 25.9. The third kappa shape index (κ3) is 5.00. The Hall–Kier alpha value is -1.47. The van der Waals surface area contributed by atoms with Crippen LogP contribution in [-0.4, -0.2) is 42.5 Å². The van der Waals surface area contributed by atoms with Gasteiger partial charge in [-0.3, -0.25) is 9.78 Å². The lowest BCUT2D eigenvalue weighted by Crippen LogP contribution is -2.42. The molecule has 6 nitrogen and oxygen atoms in total. The lowest BCUT2D eigenvalue weighted by atomic mass is 9.97. The fraction of sp³-hybridized carbons (Fsp3) is 0.625. The minimum Gasteiger partial charge on any atom is -0.326 e. The van der Waals surface area contributed by atoms with Crippen LogP contribution in [0, 0.1) is 12.8 Å². The number of nitrogens with one attached hydrogen (secondary N) is 1. The standard InChI is InChI=1S/C16H25N3O3S/c1-3-4-11-23(21,22)19-9-6-14(7-10-19)16(20)18-15-5-8-17-13(2)12-15/h5,8,12,14H,3-4,6-7,9-11H2,1-2H3,(H,17,18,20). The third-order valence-electron chi connectivity index (χ3n) is 4.14.